The minimum Gasteiger partial charge on any atom is -0.481 e. The van der Waals surface area contributed by atoms with Crippen LogP contribution in [0.4, 0.5) is 0 Å². The maximum atomic E-state index is 10.3. The van der Waals surface area contributed by atoms with E-state index >= 15 is 0 Å². The molecule has 0 saturated carbocycles. The highest BCUT2D eigenvalue weighted by molar-refractivity contribution is 5.66. The number of aliphatic carboxylic acids is 1. The lowest BCUT2D eigenvalue weighted by molar-refractivity contribution is -0.137. The van der Waals surface area contributed by atoms with Crippen molar-refractivity contribution in [2.45, 2.75) is 31.7 Å². The van der Waals surface area contributed by atoms with Crippen molar-refractivity contribution < 1.29 is 9.90 Å². The lowest BCUT2D eigenvalue weighted by Crippen LogP contribution is -2.32. The number of nitrogens with zero attached hydrogens (tertiary/aromatic N) is 4. The van der Waals surface area contributed by atoms with Crippen molar-refractivity contribution in [3.05, 3.63) is 10.4 Å². The molecule has 84 valence electrons. The lowest BCUT2D eigenvalue weighted by Gasteiger charge is -2.22. The summed E-state index contributed by atoms with van der Waals surface area (Å²) in [4.78, 5) is 15.3. The Balaban J connectivity index is 2.26. The summed E-state index contributed by atoms with van der Waals surface area (Å²) >= 11 is 0. The summed E-state index contributed by atoms with van der Waals surface area (Å²) in [6, 6.07) is 0.315. The molecule has 1 fully saturated rings. The summed E-state index contributed by atoms with van der Waals surface area (Å²) in [6.07, 6.45) is 3.04. The van der Waals surface area contributed by atoms with Crippen LogP contribution in [0.25, 0.3) is 10.4 Å². The molecule has 0 aromatic rings. The summed E-state index contributed by atoms with van der Waals surface area (Å²) in [7, 11) is 0. The van der Waals surface area contributed by atoms with Gasteiger partial charge in [-0.1, -0.05) is 5.11 Å². The average Bonchev–Trinajstić information content (AvgIpc) is 2.62. The topological polar surface area (TPSA) is 89.3 Å². The van der Waals surface area contributed by atoms with Gasteiger partial charge in [-0.05, 0) is 37.9 Å². The predicted molar refractivity (Wildman–Crippen MR) is 55.5 cm³/mol. The van der Waals surface area contributed by atoms with E-state index in [2.05, 4.69) is 14.9 Å². The third kappa shape index (κ3) is 4.18. The summed E-state index contributed by atoms with van der Waals surface area (Å²) in [6.45, 7) is 2.28. The van der Waals surface area contributed by atoms with Crippen LogP contribution in [0.15, 0.2) is 5.11 Å². The molecular formula is C9H16N4O2. The maximum absolute atomic E-state index is 10.3. The van der Waals surface area contributed by atoms with Crippen LogP contribution in [0.2, 0.25) is 0 Å². The normalized spacial score (nSPS) is 21.2. The molecule has 1 saturated heterocycles. The van der Waals surface area contributed by atoms with E-state index < -0.39 is 5.97 Å². The fourth-order valence-corrected chi connectivity index (χ4v) is 1.96. The Hall–Kier alpha value is -1.26. The van der Waals surface area contributed by atoms with Gasteiger partial charge < -0.3 is 10.0 Å². The average molecular weight is 212 g/mol. The summed E-state index contributed by atoms with van der Waals surface area (Å²) in [5, 5.41) is 12.1. The van der Waals surface area contributed by atoms with Gasteiger partial charge in [0.25, 0.3) is 0 Å². The fourth-order valence-electron chi connectivity index (χ4n) is 1.96. The van der Waals surface area contributed by atoms with Gasteiger partial charge in [-0.15, -0.1) is 0 Å². The Morgan fingerprint density at radius 3 is 3.13 bits per heavy atom. The van der Waals surface area contributed by atoms with Gasteiger partial charge in [0.05, 0.1) is 0 Å². The van der Waals surface area contributed by atoms with E-state index in [-0.39, 0.29) is 6.42 Å². The maximum Gasteiger partial charge on any atom is 0.303 e. The second kappa shape index (κ2) is 6.27. The molecule has 0 aromatic heterocycles. The van der Waals surface area contributed by atoms with Crippen molar-refractivity contribution in [1.29, 1.82) is 0 Å². The van der Waals surface area contributed by atoms with Crippen molar-refractivity contribution >= 4 is 5.97 Å². The van der Waals surface area contributed by atoms with E-state index in [1.807, 2.05) is 0 Å². The molecule has 1 aliphatic rings. The number of likely N-dealkylation sites (tertiary alicyclic amines) is 1. The first-order chi connectivity index (χ1) is 7.24. The SMILES string of the molecule is [N-]=[N+]=NCC1CCCN1CCCC(=O)O. The first-order valence-electron chi connectivity index (χ1n) is 5.20. The van der Waals surface area contributed by atoms with Crippen molar-refractivity contribution in [2.75, 3.05) is 19.6 Å². The van der Waals surface area contributed by atoms with Gasteiger partial charge in [0, 0.05) is 23.9 Å². The van der Waals surface area contributed by atoms with Crippen LogP contribution in [0.3, 0.4) is 0 Å². The van der Waals surface area contributed by atoms with Crippen LogP contribution in [0.5, 0.6) is 0 Å². The van der Waals surface area contributed by atoms with E-state index in [1.54, 1.807) is 0 Å². The van der Waals surface area contributed by atoms with Gasteiger partial charge in [-0.2, -0.15) is 0 Å². The second-order valence-corrected chi connectivity index (χ2v) is 3.74. The van der Waals surface area contributed by atoms with Crippen LogP contribution in [0.1, 0.15) is 25.7 Å². The Morgan fingerprint density at radius 2 is 2.47 bits per heavy atom. The van der Waals surface area contributed by atoms with Crippen molar-refractivity contribution in [3.8, 4) is 0 Å². The molecule has 15 heavy (non-hydrogen) atoms. The van der Waals surface area contributed by atoms with E-state index in [4.69, 9.17) is 10.6 Å². The predicted octanol–water partition coefficient (Wildman–Crippen LogP) is 1.63. The van der Waals surface area contributed by atoms with Crippen LogP contribution in [-0.4, -0.2) is 41.7 Å². The first kappa shape index (κ1) is 11.8. The molecule has 1 aliphatic heterocycles. The second-order valence-electron chi connectivity index (χ2n) is 3.74. The number of azide groups is 1. The van der Waals surface area contributed by atoms with E-state index in [0.29, 0.717) is 19.0 Å². The Labute approximate surface area is 88.5 Å². The number of carboxylic acids is 1. The van der Waals surface area contributed by atoms with Crippen LogP contribution >= 0.6 is 0 Å². The molecular weight excluding hydrogens is 196 g/mol. The van der Waals surface area contributed by atoms with E-state index in [9.17, 15) is 4.79 Å². The summed E-state index contributed by atoms with van der Waals surface area (Å²) in [5.74, 6) is -0.749. The summed E-state index contributed by atoms with van der Waals surface area (Å²) < 4.78 is 0. The minimum absolute atomic E-state index is 0.213. The number of hydrogen-bond acceptors (Lipinski definition) is 3. The molecule has 6 heteroatoms. The van der Waals surface area contributed by atoms with Crippen LogP contribution in [0, 0.1) is 0 Å². The molecule has 0 bridgehead atoms. The van der Waals surface area contributed by atoms with Gasteiger partial charge in [0.1, 0.15) is 0 Å². The number of rotatable bonds is 6. The largest absolute Gasteiger partial charge is 0.481 e. The Bertz CT molecular complexity index is 263. The minimum atomic E-state index is -0.749. The highest BCUT2D eigenvalue weighted by Gasteiger charge is 2.23. The van der Waals surface area contributed by atoms with E-state index in [0.717, 1.165) is 25.9 Å². The highest BCUT2D eigenvalue weighted by atomic mass is 16.4. The Kier molecular flexibility index (Phi) is 4.93. The van der Waals surface area contributed by atoms with Crippen LogP contribution in [-0.2, 0) is 4.79 Å². The van der Waals surface area contributed by atoms with Crippen LogP contribution < -0.4 is 0 Å². The fraction of sp³-hybridized carbons (Fsp3) is 0.889. The van der Waals surface area contributed by atoms with Crippen molar-refractivity contribution in [2.24, 2.45) is 5.11 Å². The quantitative estimate of drug-likeness (QED) is 0.412. The van der Waals surface area contributed by atoms with Crippen molar-refractivity contribution in [1.82, 2.24) is 4.90 Å². The zero-order valence-electron chi connectivity index (χ0n) is 8.67. The third-order valence-corrected chi connectivity index (χ3v) is 2.69. The zero-order valence-corrected chi connectivity index (χ0v) is 8.67. The van der Waals surface area contributed by atoms with Gasteiger partial charge >= 0.3 is 5.97 Å². The molecule has 0 aromatic carbocycles. The third-order valence-electron chi connectivity index (χ3n) is 2.69. The molecule has 1 N–H and O–H groups in total. The number of hydrogen-bond donors (Lipinski definition) is 1. The number of carboxylic acid groups (broad SMARTS) is 1. The lowest BCUT2D eigenvalue weighted by atomic mass is 10.2. The van der Waals surface area contributed by atoms with Gasteiger partial charge in [-0.3, -0.25) is 4.79 Å². The first-order valence-corrected chi connectivity index (χ1v) is 5.20. The molecule has 6 nitrogen and oxygen atoms in total. The summed E-state index contributed by atoms with van der Waals surface area (Å²) in [5.41, 5.74) is 8.22. The Morgan fingerprint density at radius 1 is 1.67 bits per heavy atom. The number of carbonyl (C=O) groups is 1. The van der Waals surface area contributed by atoms with Gasteiger partial charge in [0.2, 0.25) is 0 Å². The molecule has 0 radical (unpaired) electrons. The van der Waals surface area contributed by atoms with E-state index in [1.165, 1.54) is 0 Å². The molecule has 1 unspecified atom stereocenters. The van der Waals surface area contributed by atoms with Gasteiger partial charge in [0.15, 0.2) is 0 Å². The molecule has 0 amide bonds. The molecule has 1 rings (SSSR count). The highest BCUT2D eigenvalue weighted by Crippen LogP contribution is 2.17. The zero-order chi connectivity index (χ0) is 11.1. The van der Waals surface area contributed by atoms with Gasteiger partial charge in [-0.25, -0.2) is 0 Å². The molecule has 0 aliphatic carbocycles. The molecule has 1 atom stereocenters. The molecule has 0 spiro atoms. The monoisotopic (exact) mass is 212 g/mol. The molecule has 1 heterocycles. The standard InChI is InChI=1S/C9H16N4O2/c10-12-11-7-8-3-1-5-13(8)6-2-4-9(14)15/h8H,1-7H2,(H,14,15). The smallest absolute Gasteiger partial charge is 0.303 e. The van der Waals surface area contributed by atoms with Crippen molar-refractivity contribution in [3.63, 3.8) is 0 Å².